The quantitative estimate of drug-likeness (QED) is 0.317. The second kappa shape index (κ2) is 10.3. The molecule has 3 aromatic carbocycles. The van der Waals surface area contributed by atoms with Gasteiger partial charge in [0, 0.05) is 23.2 Å². The highest BCUT2D eigenvalue weighted by Gasteiger charge is 2.32. The Labute approximate surface area is 215 Å². The number of nitrogens with one attached hydrogen (secondary N) is 1. The van der Waals surface area contributed by atoms with Gasteiger partial charge < -0.3 is 10.1 Å². The highest BCUT2D eigenvalue weighted by atomic mass is 35.5. The fourth-order valence-corrected chi connectivity index (χ4v) is 5.42. The maximum atomic E-state index is 13.9. The summed E-state index contributed by atoms with van der Waals surface area (Å²) in [4.78, 5) is 16.9. The van der Waals surface area contributed by atoms with E-state index in [1.54, 1.807) is 12.1 Å². The number of pyridine rings is 1. The molecule has 7 nitrogen and oxygen atoms in total. The Morgan fingerprint density at radius 1 is 1.08 bits per heavy atom. The van der Waals surface area contributed by atoms with Crippen LogP contribution in [0.2, 0.25) is 5.02 Å². The Hall–Kier alpha value is -3.83. The number of benzene rings is 3. The van der Waals surface area contributed by atoms with Crippen LogP contribution in [-0.2, 0) is 21.0 Å². The van der Waals surface area contributed by atoms with Crippen LogP contribution in [0.25, 0.3) is 10.8 Å². The van der Waals surface area contributed by atoms with Crippen molar-refractivity contribution >= 4 is 49.7 Å². The topological polar surface area (TPSA) is 88.6 Å². The lowest BCUT2D eigenvalue weighted by Crippen LogP contribution is -2.38. The van der Waals surface area contributed by atoms with Crippen LogP contribution in [0.4, 0.5) is 24.5 Å². The molecule has 0 aliphatic carbocycles. The molecule has 0 spiro atoms. The molecular weight excluding hydrogens is 531 g/mol. The summed E-state index contributed by atoms with van der Waals surface area (Å²) in [5, 5.41) is 3.11. The van der Waals surface area contributed by atoms with Crippen molar-refractivity contribution in [1.29, 1.82) is 0 Å². The Kier molecular flexibility index (Phi) is 7.28. The van der Waals surface area contributed by atoms with Crippen LogP contribution in [-0.4, -0.2) is 33.0 Å². The molecule has 1 N–H and O–H groups in total. The summed E-state index contributed by atoms with van der Waals surface area (Å²) in [5.41, 5.74) is -1.18. The van der Waals surface area contributed by atoms with Gasteiger partial charge in [-0.1, -0.05) is 23.7 Å². The molecule has 0 fully saturated rings. The molecule has 37 heavy (non-hydrogen) atoms. The van der Waals surface area contributed by atoms with Gasteiger partial charge in [-0.3, -0.25) is 14.1 Å². The molecule has 0 unspecified atom stereocenters. The van der Waals surface area contributed by atoms with E-state index in [4.69, 9.17) is 16.3 Å². The van der Waals surface area contributed by atoms with E-state index in [0.29, 0.717) is 22.6 Å². The molecule has 1 aromatic heterocycles. The van der Waals surface area contributed by atoms with Gasteiger partial charge in [0.1, 0.15) is 12.3 Å². The fourth-order valence-electron chi connectivity index (χ4n) is 3.62. The second-order valence-electron chi connectivity index (χ2n) is 7.80. The normalized spacial score (nSPS) is 11.8. The minimum Gasteiger partial charge on any atom is -0.497 e. The van der Waals surface area contributed by atoms with Crippen molar-refractivity contribution in [3.63, 3.8) is 0 Å². The van der Waals surface area contributed by atoms with E-state index in [-0.39, 0.29) is 21.3 Å². The third-order valence-electron chi connectivity index (χ3n) is 5.42. The third-order valence-corrected chi connectivity index (χ3v) is 7.59. The first-order valence-electron chi connectivity index (χ1n) is 10.7. The van der Waals surface area contributed by atoms with Crippen molar-refractivity contribution in [2.45, 2.75) is 11.1 Å². The molecule has 12 heteroatoms. The molecular formula is C25H19ClF3N3O4S. The first-order valence-corrected chi connectivity index (χ1v) is 12.5. The number of nitrogens with zero attached hydrogens (tertiary/aromatic N) is 2. The van der Waals surface area contributed by atoms with E-state index in [1.165, 1.54) is 55.9 Å². The summed E-state index contributed by atoms with van der Waals surface area (Å²) in [6.07, 6.45) is -1.71. The van der Waals surface area contributed by atoms with Crippen LogP contribution in [0.5, 0.6) is 5.75 Å². The van der Waals surface area contributed by atoms with Crippen molar-refractivity contribution in [3.8, 4) is 5.75 Å². The molecule has 0 atom stereocenters. The summed E-state index contributed by atoms with van der Waals surface area (Å²) < 4.78 is 73.1. The van der Waals surface area contributed by atoms with E-state index in [1.807, 2.05) is 0 Å². The van der Waals surface area contributed by atoms with Crippen LogP contribution < -0.4 is 14.4 Å². The van der Waals surface area contributed by atoms with Crippen molar-refractivity contribution in [3.05, 3.63) is 89.7 Å². The predicted octanol–water partition coefficient (Wildman–Crippen LogP) is 5.75. The van der Waals surface area contributed by atoms with Crippen LogP contribution in [0.15, 0.2) is 84.0 Å². The number of ether oxygens (including phenoxy) is 1. The standard InChI is InChI=1S/C25H19ClF3N3O4S/c1-36-19-8-6-18(7-9-19)32(37(34,35)23-4-2-3-16-14-30-12-11-20(16)23)15-24(33)31-22-13-17(25(27,28)29)5-10-21(22)26/h2-14H,15H2,1H3,(H,31,33). The molecule has 0 aliphatic rings. The molecule has 0 bridgehead atoms. The molecule has 0 aliphatic heterocycles. The Morgan fingerprint density at radius 3 is 2.49 bits per heavy atom. The van der Waals surface area contributed by atoms with Gasteiger partial charge in [-0.05, 0) is 54.6 Å². The maximum Gasteiger partial charge on any atom is 0.416 e. The van der Waals surface area contributed by atoms with Crippen LogP contribution in [0.3, 0.4) is 0 Å². The number of carbonyl (C=O) groups excluding carboxylic acids is 1. The Bertz CT molecular complexity index is 1560. The van der Waals surface area contributed by atoms with Crippen LogP contribution in [0, 0.1) is 0 Å². The minimum atomic E-state index is -4.66. The molecule has 192 valence electrons. The number of hydrogen-bond donors (Lipinski definition) is 1. The summed E-state index contributed by atoms with van der Waals surface area (Å²) in [5.74, 6) is -0.444. The summed E-state index contributed by atoms with van der Waals surface area (Å²) >= 11 is 5.99. The highest BCUT2D eigenvalue weighted by molar-refractivity contribution is 7.93. The lowest BCUT2D eigenvalue weighted by Gasteiger charge is -2.25. The maximum absolute atomic E-state index is 13.9. The van der Waals surface area contributed by atoms with Crippen molar-refractivity contribution in [2.24, 2.45) is 0 Å². The average Bonchev–Trinajstić information content (AvgIpc) is 2.87. The number of fused-ring (bicyclic) bond motifs is 1. The second-order valence-corrected chi connectivity index (χ2v) is 10.0. The molecule has 1 heterocycles. The van der Waals surface area contributed by atoms with Gasteiger partial charge in [-0.2, -0.15) is 13.2 Å². The smallest absolute Gasteiger partial charge is 0.416 e. The van der Waals surface area contributed by atoms with E-state index < -0.39 is 34.2 Å². The number of sulfonamides is 1. The van der Waals surface area contributed by atoms with Crippen LogP contribution in [0.1, 0.15) is 5.56 Å². The number of carbonyl (C=O) groups is 1. The van der Waals surface area contributed by atoms with E-state index in [0.717, 1.165) is 16.4 Å². The highest BCUT2D eigenvalue weighted by Crippen LogP contribution is 2.34. The molecule has 1 amide bonds. The van der Waals surface area contributed by atoms with Gasteiger partial charge in [-0.25, -0.2) is 8.42 Å². The molecule has 0 radical (unpaired) electrons. The Morgan fingerprint density at radius 2 is 1.81 bits per heavy atom. The largest absolute Gasteiger partial charge is 0.497 e. The van der Waals surface area contributed by atoms with Crippen molar-refractivity contribution in [1.82, 2.24) is 4.98 Å². The van der Waals surface area contributed by atoms with Gasteiger partial charge >= 0.3 is 6.18 Å². The summed E-state index contributed by atoms with van der Waals surface area (Å²) in [6, 6.07) is 14.6. The van der Waals surface area contributed by atoms with Crippen molar-refractivity contribution in [2.75, 3.05) is 23.3 Å². The molecule has 0 saturated heterocycles. The number of amides is 1. The van der Waals surface area contributed by atoms with Gasteiger partial charge in [0.15, 0.2) is 0 Å². The molecule has 4 rings (SSSR count). The Balaban J connectivity index is 1.74. The number of hydrogen-bond acceptors (Lipinski definition) is 5. The monoisotopic (exact) mass is 549 g/mol. The van der Waals surface area contributed by atoms with Gasteiger partial charge in [-0.15, -0.1) is 0 Å². The molecule has 4 aromatic rings. The predicted molar refractivity (Wildman–Crippen MR) is 134 cm³/mol. The number of alkyl halides is 3. The number of anilines is 2. The number of halogens is 4. The average molecular weight is 550 g/mol. The number of rotatable bonds is 7. The zero-order chi connectivity index (χ0) is 26.8. The summed E-state index contributed by atoms with van der Waals surface area (Å²) in [7, 11) is -2.89. The van der Waals surface area contributed by atoms with E-state index in [2.05, 4.69) is 10.3 Å². The van der Waals surface area contributed by atoms with Crippen molar-refractivity contribution < 1.29 is 31.1 Å². The number of methoxy groups -OCH3 is 1. The zero-order valence-electron chi connectivity index (χ0n) is 19.2. The SMILES string of the molecule is COc1ccc(N(CC(=O)Nc2cc(C(F)(F)F)ccc2Cl)S(=O)(=O)c2cccc3cnccc23)cc1. The van der Waals surface area contributed by atoms with Crippen LogP contribution >= 0.6 is 11.6 Å². The lowest BCUT2D eigenvalue weighted by atomic mass is 10.2. The fraction of sp³-hybridized carbons (Fsp3) is 0.120. The van der Waals surface area contributed by atoms with Gasteiger partial charge in [0.25, 0.3) is 10.0 Å². The number of aromatic nitrogens is 1. The van der Waals surface area contributed by atoms with Gasteiger partial charge in [0.05, 0.1) is 34.0 Å². The van der Waals surface area contributed by atoms with E-state index >= 15 is 0 Å². The first-order chi connectivity index (χ1) is 17.5. The summed E-state index contributed by atoms with van der Waals surface area (Å²) in [6.45, 7) is -0.747. The van der Waals surface area contributed by atoms with Gasteiger partial charge in [0.2, 0.25) is 5.91 Å². The first kappa shape index (κ1) is 26.2. The zero-order valence-corrected chi connectivity index (χ0v) is 20.7. The lowest BCUT2D eigenvalue weighted by molar-refractivity contribution is -0.137. The molecule has 0 saturated carbocycles. The minimum absolute atomic E-state index is 0.0758. The van der Waals surface area contributed by atoms with E-state index in [9.17, 15) is 26.4 Å². The third kappa shape index (κ3) is 5.62.